The number of rotatable bonds is 6. The van der Waals surface area contributed by atoms with Crippen molar-refractivity contribution in [2.24, 2.45) is 5.92 Å². The number of ketones is 3. The molecule has 34 heavy (non-hydrogen) atoms. The van der Waals surface area contributed by atoms with Crippen molar-refractivity contribution >= 4 is 23.3 Å². The number of phenols is 1. The SMILES string of the molecule is COc1ccccc1CNC(=O)c1c(OC)cc(O)c2c1OC1=CC(=O)C(C(C)=O)C(=O)[C@]12C. The Bertz CT molecular complexity index is 1280. The number of hydrogen-bond donors (Lipinski definition) is 2. The van der Waals surface area contributed by atoms with Crippen LogP contribution in [0, 0.1) is 5.92 Å². The number of methoxy groups -OCH3 is 2. The quantitative estimate of drug-likeness (QED) is 0.622. The molecule has 9 nitrogen and oxygen atoms in total. The van der Waals surface area contributed by atoms with Gasteiger partial charge >= 0.3 is 0 Å². The Balaban J connectivity index is 1.80. The number of hydrogen-bond acceptors (Lipinski definition) is 8. The van der Waals surface area contributed by atoms with Crippen LogP contribution in [0.25, 0.3) is 0 Å². The van der Waals surface area contributed by atoms with E-state index in [0.29, 0.717) is 5.75 Å². The molecule has 2 atom stereocenters. The summed E-state index contributed by atoms with van der Waals surface area (Å²) >= 11 is 0. The highest BCUT2D eigenvalue weighted by Crippen LogP contribution is 2.56. The summed E-state index contributed by atoms with van der Waals surface area (Å²) in [6.07, 6.45) is 1.08. The minimum atomic E-state index is -1.62. The minimum Gasteiger partial charge on any atom is -0.507 e. The van der Waals surface area contributed by atoms with Gasteiger partial charge in [0, 0.05) is 24.3 Å². The summed E-state index contributed by atoms with van der Waals surface area (Å²) in [5.74, 6) is -4.05. The molecule has 0 saturated heterocycles. The first-order valence-electron chi connectivity index (χ1n) is 10.5. The number of aromatic hydroxyl groups is 1. The standard InChI is InChI=1S/C25H23NO8/c1-12(27)19-14(28)10-18-25(2,23(19)30)21-15(29)9-17(33-4)20(22(21)34-18)24(31)26-11-13-7-5-6-8-16(13)32-3/h5-10,19,29H,11H2,1-4H3,(H,26,31)/t19?,25-/m1/s1. The average molecular weight is 465 g/mol. The van der Waals surface area contributed by atoms with E-state index in [9.17, 15) is 24.3 Å². The molecular weight excluding hydrogens is 442 g/mol. The molecule has 9 heteroatoms. The molecule has 2 aromatic carbocycles. The van der Waals surface area contributed by atoms with Gasteiger partial charge in [-0.25, -0.2) is 0 Å². The summed E-state index contributed by atoms with van der Waals surface area (Å²) < 4.78 is 16.5. The van der Waals surface area contributed by atoms with Gasteiger partial charge in [0.1, 0.15) is 45.7 Å². The topological polar surface area (TPSA) is 128 Å². The molecule has 0 saturated carbocycles. The fourth-order valence-electron chi connectivity index (χ4n) is 4.46. The van der Waals surface area contributed by atoms with Crippen LogP contribution in [0.2, 0.25) is 0 Å². The number of Topliss-reactive ketones (excluding diaryl/α,β-unsaturated/α-hetero) is 2. The molecule has 2 N–H and O–H groups in total. The van der Waals surface area contributed by atoms with E-state index >= 15 is 0 Å². The van der Waals surface area contributed by atoms with Crippen LogP contribution in [0.4, 0.5) is 0 Å². The Labute approximate surface area is 195 Å². The number of nitrogens with one attached hydrogen (secondary N) is 1. The first-order chi connectivity index (χ1) is 16.1. The van der Waals surface area contributed by atoms with Crippen molar-refractivity contribution in [1.29, 1.82) is 0 Å². The predicted octanol–water partition coefficient (Wildman–Crippen LogP) is 2.23. The zero-order valence-electron chi connectivity index (χ0n) is 19.1. The summed E-state index contributed by atoms with van der Waals surface area (Å²) in [7, 11) is 2.84. The van der Waals surface area contributed by atoms with Crippen molar-refractivity contribution < 1.29 is 38.5 Å². The van der Waals surface area contributed by atoms with Gasteiger partial charge in [-0.05, 0) is 19.9 Å². The second-order valence-corrected chi connectivity index (χ2v) is 8.22. The highest BCUT2D eigenvalue weighted by Gasteiger charge is 2.58. The summed E-state index contributed by atoms with van der Waals surface area (Å²) in [5, 5.41) is 13.5. The third-order valence-electron chi connectivity index (χ3n) is 6.23. The minimum absolute atomic E-state index is 0.00532. The molecule has 0 fully saturated rings. The maximum Gasteiger partial charge on any atom is 0.259 e. The second kappa shape index (κ2) is 8.33. The zero-order chi connectivity index (χ0) is 24.8. The van der Waals surface area contributed by atoms with Crippen LogP contribution < -0.4 is 19.5 Å². The Hall–Kier alpha value is -4.14. The number of amides is 1. The van der Waals surface area contributed by atoms with Gasteiger partial charge in [0.25, 0.3) is 5.91 Å². The highest BCUT2D eigenvalue weighted by molar-refractivity contribution is 6.27. The van der Waals surface area contributed by atoms with Gasteiger partial charge < -0.3 is 24.6 Å². The van der Waals surface area contributed by atoms with Gasteiger partial charge in [-0.3, -0.25) is 19.2 Å². The summed E-state index contributed by atoms with van der Waals surface area (Å²) in [5.41, 5.74) is -0.942. The van der Waals surface area contributed by atoms with Gasteiger partial charge in [-0.1, -0.05) is 18.2 Å². The van der Waals surface area contributed by atoms with Crippen LogP contribution in [0.15, 0.2) is 42.2 Å². The lowest BCUT2D eigenvalue weighted by molar-refractivity contribution is -0.140. The maximum atomic E-state index is 13.3. The van der Waals surface area contributed by atoms with E-state index in [2.05, 4.69) is 5.32 Å². The second-order valence-electron chi connectivity index (χ2n) is 8.22. The van der Waals surface area contributed by atoms with Gasteiger partial charge in [0.15, 0.2) is 17.3 Å². The van der Waals surface area contributed by atoms with Crippen molar-refractivity contribution in [2.75, 3.05) is 14.2 Å². The molecule has 0 bridgehead atoms. The van der Waals surface area contributed by atoms with Crippen LogP contribution in [0.3, 0.4) is 0 Å². The first kappa shape index (κ1) is 23.0. The molecule has 1 amide bonds. The van der Waals surface area contributed by atoms with Crippen LogP contribution in [-0.4, -0.2) is 42.6 Å². The van der Waals surface area contributed by atoms with Gasteiger partial charge in [-0.15, -0.1) is 0 Å². The molecule has 1 heterocycles. The Morgan fingerprint density at radius 1 is 1.15 bits per heavy atom. The fraction of sp³-hybridized carbons (Fsp3) is 0.280. The van der Waals surface area contributed by atoms with Crippen LogP contribution in [0.5, 0.6) is 23.0 Å². The van der Waals surface area contributed by atoms with E-state index in [4.69, 9.17) is 14.2 Å². The molecule has 1 aliphatic carbocycles. The average Bonchev–Trinajstić information content (AvgIpc) is 3.10. The van der Waals surface area contributed by atoms with E-state index in [1.807, 2.05) is 0 Å². The van der Waals surface area contributed by atoms with Crippen molar-refractivity contribution in [3.05, 3.63) is 58.9 Å². The number of phenolic OH excluding ortho intramolecular Hbond substituents is 1. The van der Waals surface area contributed by atoms with Gasteiger partial charge in [0.05, 0.1) is 19.8 Å². The zero-order valence-corrected chi connectivity index (χ0v) is 19.1. The molecule has 0 aromatic heterocycles. The molecule has 2 aromatic rings. The van der Waals surface area contributed by atoms with Crippen molar-refractivity contribution in [2.45, 2.75) is 25.8 Å². The van der Waals surface area contributed by atoms with Crippen LogP contribution in [0.1, 0.15) is 35.3 Å². The van der Waals surface area contributed by atoms with Crippen molar-refractivity contribution in [3.63, 3.8) is 0 Å². The fourth-order valence-corrected chi connectivity index (χ4v) is 4.46. The van der Waals surface area contributed by atoms with E-state index in [1.165, 1.54) is 27.2 Å². The van der Waals surface area contributed by atoms with E-state index in [-0.39, 0.29) is 40.7 Å². The summed E-state index contributed by atoms with van der Waals surface area (Å²) in [6, 6.07) is 8.37. The maximum absolute atomic E-state index is 13.3. The molecular formula is C25H23NO8. The predicted molar refractivity (Wildman–Crippen MR) is 119 cm³/mol. The van der Waals surface area contributed by atoms with E-state index < -0.39 is 34.6 Å². The number of carbonyl (C=O) groups excluding carboxylic acids is 4. The summed E-state index contributed by atoms with van der Waals surface area (Å²) in [4.78, 5) is 51.0. The first-order valence-corrected chi connectivity index (χ1v) is 10.5. The third kappa shape index (κ3) is 3.32. The Kier molecular flexibility index (Phi) is 5.64. The largest absolute Gasteiger partial charge is 0.507 e. The van der Waals surface area contributed by atoms with Crippen LogP contribution in [-0.2, 0) is 26.3 Å². The van der Waals surface area contributed by atoms with Crippen molar-refractivity contribution in [1.82, 2.24) is 5.32 Å². The number of fused-ring (bicyclic) bond motifs is 3. The van der Waals surface area contributed by atoms with Crippen molar-refractivity contribution in [3.8, 4) is 23.0 Å². The third-order valence-corrected chi connectivity index (χ3v) is 6.23. The highest BCUT2D eigenvalue weighted by atomic mass is 16.5. The normalized spacial score (nSPS) is 20.6. The Morgan fingerprint density at radius 3 is 2.47 bits per heavy atom. The number of allylic oxidation sites excluding steroid dienone is 2. The smallest absolute Gasteiger partial charge is 0.259 e. The number of carbonyl (C=O) groups is 4. The van der Waals surface area contributed by atoms with Crippen LogP contribution >= 0.6 is 0 Å². The molecule has 0 spiro atoms. The molecule has 0 radical (unpaired) electrons. The molecule has 1 aliphatic heterocycles. The lowest BCUT2D eigenvalue weighted by atomic mass is 9.67. The molecule has 4 rings (SSSR count). The van der Waals surface area contributed by atoms with Gasteiger partial charge in [0.2, 0.25) is 0 Å². The molecule has 176 valence electrons. The molecule has 2 aliphatic rings. The number of ether oxygens (including phenoxy) is 3. The monoisotopic (exact) mass is 465 g/mol. The van der Waals surface area contributed by atoms with E-state index in [0.717, 1.165) is 18.6 Å². The van der Waals surface area contributed by atoms with E-state index in [1.54, 1.807) is 24.3 Å². The summed E-state index contributed by atoms with van der Waals surface area (Å²) in [6.45, 7) is 2.73. The Morgan fingerprint density at radius 2 is 1.82 bits per heavy atom. The van der Waals surface area contributed by atoms with Gasteiger partial charge in [-0.2, -0.15) is 0 Å². The number of para-hydroxylation sites is 1. The lowest BCUT2D eigenvalue weighted by Gasteiger charge is -2.30. The number of benzene rings is 2. The molecule has 1 unspecified atom stereocenters. The lowest BCUT2D eigenvalue weighted by Crippen LogP contribution is -2.47.